The molecule has 0 fully saturated rings. The fourth-order valence-corrected chi connectivity index (χ4v) is 2.73. The molecule has 0 saturated carbocycles. The molecule has 2 N–H and O–H groups in total. The van der Waals surface area contributed by atoms with Gasteiger partial charge in [0.15, 0.2) is 6.10 Å². The van der Waals surface area contributed by atoms with Crippen molar-refractivity contribution in [1.29, 1.82) is 0 Å². The highest BCUT2D eigenvalue weighted by molar-refractivity contribution is 6.00. The number of aryl methyl sites for hydroxylation is 2. The second kappa shape index (κ2) is 8.60. The molecule has 0 aliphatic carbocycles. The first-order valence-corrected chi connectivity index (χ1v) is 9.13. The monoisotopic (exact) mass is 395 g/mol. The van der Waals surface area contributed by atoms with Crippen molar-refractivity contribution in [2.75, 3.05) is 10.7 Å². The first kappa shape index (κ1) is 20.1. The highest BCUT2D eigenvalue weighted by Crippen LogP contribution is 2.16. The smallest absolute Gasteiger partial charge is 0.270 e. The summed E-state index contributed by atoms with van der Waals surface area (Å²) in [6.45, 7) is 5.42. The number of carbonyl (C=O) groups is 2. The van der Waals surface area contributed by atoms with Crippen LogP contribution in [0.5, 0.6) is 5.75 Å². The van der Waals surface area contributed by atoms with Crippen molar-refractivity contribution in [2.45, 2.75) is 26.9 Å². The predicted molar refractivity (Wildman–Crippen MR) is 109 cm³/mol. The minimum absolute atomic E-state index is 0.249. The van der Waals surface area contributed by atoms with Gasteiger partial charge in [0.25, 0.3) is 11.8 Å². The van der Waals surface area contributed by atoms with E-state index in [2.05, 4.69) is 10.7 Å². The van der Waals surface area contributed by atoms with E-state index in [0.29, 0.717) is 17.0 Å². The number of carbonyl (C=O) groups excluding carboxylic acids is 2. The summed E-state index contributed by atoms with van der Waals surface area (Å²) < 4.78 is 20.3. The lowest BCUT2D eigenvalue weighted by molar-refractivity contribution is -0.122. The summed E-state index contributed by atoms with van der Waals surface area (Å²) >= 11 is 0. The second-order valence-electron chi connectivity index (χ2n) is 6.67. The van der Waals surface area contributed by atoms with Crippen molar-refractivity contribution in [3.8, 4) is 5.75 Å². The van der Waals surface area contributed by atoms with Gasteiger partial charge in [-0.1, -0.05) is 0 Å². The molecule has 0 saturated heterocycles. The number of benzene rings is 2. The lowest BCUT2D eigenvalue weighted by Crippen LogP contribution is -2.30. The van der Waals surface area contributed by atoms with Crippen LogP contribution in [-0.4, -0.2) is 22.6 Å². The maximum absolute atomic E-state index is 12.9. The van der Waals surface area contributed by atoms with Gasteiger partial charge in [-0.25, -0.2) is 4.39 Å². The van der Waals surface area contributed by atoms with Crippen LogP contribution in [0.15, 0.2) is 60.7 Å². The Hall–Kier alpha value is -3.61. The van der Waals surface area contributed by atoms with Gasteiger partial charge < -0.3 is 10.1 Å². The summed E-state index contributed by atoms with van der Waals surface area (Å²) in [6, 6.07) is 15.8. The molecule has 3 aromatic rings. The Balaban J connectivity index is 1.58. The highest BCUT2D eigenvalue weighted by atomic mass is 19.1. The molecule has 1 atom stereocenters. The zero-order chi connectivity index (χ0) is 21.0. The molecule has 1 heterocycles. The van der Waals surface area contributed by atoms with E-state index in [-0.39, 0.29) is 17.6 Å². The Labute approximate surface area is 168 Å². The number of nitrogens with one attached hydrogen (secondary N) is 2. The Morgan fingerprint density at radius 1 is 0.931 bits per heavy atom. The van der Waals surface area contributed by atoms with Crippen molar-refractivity contribution in [2.24, 2.45) is 0 Å². The molecule has 0 radical (unpaired) electrons. The van der Waals surface area contributed by atoms with Gasteiger partial charge in [-0.15, -0.1) is 0 Å². The number of hydrogen-bond donors (Lipinski definition) is 2. The third-order valence-corrected chi connectivity index (χ3v) is 4.39. The lowest BCUT2D eigenvalue weighted by Gasteiger charge is -2.15. The van der Waals surface area contributed by atoms with Crippen molar-refractivity contribution in [3.63, 3.8) is 0 Å². The average Bonchev–Trinajstić information content (AvgIpc) is 3.02. The van der Waals surface area contributed by atoms with Crippen LogP contribution >= 0.6 is 0 Å². The van der Waals surface area contributed by atoms with Gasteiger partial charge in [0.05, 0.1) is 0 Å². The van der Waals surface area contributed by atoms with Crippen molar-refractivity contribution < 1.29 is 18.7 Å². The molecule has 0 aliphatic heterocycles. The lowest BCUT2D eigenvalue weighted by atomic mass is 10.2. The molecular formula is C22H22FN3O3. The number of nitrogens with zero attached hydrogens (tertiary/aromatic N) is 1. The van der Waals surface area contributed by atoms with Gasteiger partial charge in [-0.05, 0) is 81.4 Å². The van der Waals surface area contributed by atoms with Crippen molar-refractivity contribution in [1.82, 2.24) is 4.68 Å². The van der Waals surface area contributed by atoms with Gasteiger partial charge in [0, 0.05) is 22.6 Å². The molecule has 0 aliphatic rings. The number of anilines is 1. The molecule has 2 aromatic carbocycles. The zero-order valence-corrected chi connectivity index (χ0v) is 16.4. The Kier molecular flexibility index (Phi) is 5.97. The minimum atomic E-state index is -0.773. The summed E-state index contributed by atoms with van der Waals surface area (Å²) in [5, 5.41) is 2.66. The first-order valence-electron chi connectivity index (χ1n) is 9.13. The largest absolute Gasteiger partial charge is 0.481 e. The van der Waals surface area contributed by atoms with E-state index in [1.807, 2.05) is 26.0 Å². The zero-order valence-electron chi connectivity index (χ0n) is 16.4. The van der Waals surface area contributed by atoms with Gasteiger partial charge in [0.1, 0.15) is 11.6 Å². The molecule has 0 bridgehead atoms. The Morgan fingerprint density at radius 2 is 1.52 bits per heavy atom. The SMILES string of the molecule is Cc1ccc(C)n1NC(=O)c1ccc(O[C@H](C)C(=O)Nc2ccc(F)cc2)cc1. The van der Waals surface area contributed by atoms with Gasteiger partial charge in [-0.3, -0.25) is 19.7 Å². The van der Waals surface area contributed by atoms with Crippen LogP contribution in [0.4, 0.5) is 10.1 Å². The maximum atomic E-state index is 12.9. The van der Waals surface area contributed by atoms with E-state index in [0.717, 1.165) is 11.4 Å². The molecule has 1 aromatic heterocycles. The maximum Gasteiger partial charge on any atom is 0.270 e. The second-order valence-corrected chi connectivity index (χ2v) is 6.67. The minimum Gasteiger partial charge on any atom is -0.481 e. The van der Waals surface area contributed by atoms with E-state index in [1.54, 1.807) is 35.9 Å². The number of amides is 2. The van der Waals surface area contributed by atoms with Crippen LogP contribution < -0.4 is 15.5 Å². The fourth-order valence-electron chi connectivity index (χ4n) is 2.73. The third kappa shape index (κ3) is 5.01. The van der Waals surface area contributed by atoms with Crippen LogP contribution in [0.2, 0.25) is 0 Å². The molecule has 0 unspecified atom stereocenters. The van der Waals surface area contributed by atoms with Crippen LogP contribution in [0, 0.1) is 19.7 Å². The van der Waals surface area contributed by atoms with E-state index in [1.165, 1.54) is 24.3 Å². The molecule has 0 spiro atoms. The molecule has 29 heavy (non-hydrogen) atoms. The summed E-state index contributed by atoms with van der Waals surface area (Å²) in [5.74, 6) is -0.534. The first-order chi connectivity index (χ1) is 13.8. The predicted octanol–water partition coefficient (Wildman–Crippen LogP) is 4.03. The quantitative estimate of drug-likeness (QED) is 0.662. The Morgan fingerprint density at radius 3 is 2.10 bits per heavy atom. The normalized spacial score (nSPS) is 11.6. The average molecular weight is 395 g/mol. The molecule has 6 nitrogen and oxygen atoms in total. The van der Waals surface area contributed by atoms with Crippen LogP contribution in [-0.2, 0) is 4.79 Å². The number of halogens is 1. The summed E-state index contributed by atoms with van der Waals surface area (Å²) in [6.07, 6.45) is -0.773. The molecule has 7 heteroatoms. The summed E-state index contributed by atoms with van der Waals surface area (Å²) in [4.78, 5) is 24.6. The fraction of sp³-hybridized carbons (Fsp3) is 0.182. The summed E-state index contributed by atoms with van der Waals surface area (Å²) in [5.41, 5.74) is 5.63. The van der Waals surface area contributed by atoms with Gasteiger partial charge >= 0.3 is 0 Å². The van der Waals surface area contributed by atoms with Crippen LogP contribution in [0.25, 0.3) is 0 Å². The number of rotatable bonds is 6. The number of ether oxygens (including phenoxy) is 1. The van der Waals surface area contributed by atoms with Crippen LogP contribution in [0.1, 0.15) is 28.7 Å². The van der Waals surface area contributed by atoms with E-state index in [9.17, 15) is 14.0 Å². The van der Waals surface area contributed by atoms with Crippen molar-refractivity contribution >= 4 is 17.5 Å². The standard InChI is InChI=1S/C22H22FN3O3/c1-14-4-5-15(2)26(14)25-22(28)17-6-12-20(13-7-17)29-16(3)21(27)24-19-10-8-18(23)9-11-19/h4-13,16H,1-3H3,(H,24,27)(H,25,28)/t16-/m1/s1. The van der Waals surface area contributed by atoms with Crippen molar-refractivity contribution in [3.05, 3.63) is 83.4 Å². The van der Waals surface area contributed by atoms with Crippen LogP contribution in [0.3, 0.4) is 0 Å². The number of hydrogen-bond acceptors (Lipinski definition) is 3. The summed E-state index contributed by atoms with van der Waals surface area (Å²) in [7, 11) is 0. The number of aromatic nitrogens is 1. The third-order valence-electron chi connectivity index (χ3n) is 4.39. The van der Waals surface area contributed by atoms with E-state index < -0.39 is 6.10 Å². The molecule has 2 amide bonds. The van der Waals surface area contributed by atoms with E-state index in [4.69, 9.17) is 4.74 Å². The topological polar surface area (TPSA) is 72.4 Å². The molecule has 150 valence electrons. The van der Waals surface area contributed by atoms with Gasteiger partial charge in [-0.2, -0.15) is 0 Å². The van der Waals surface area contributed by atoms with Gasteiger partial charge in [0.2, 0.25) is 0 Å². The molecule has 3 rings (SSSR count). The molecular weight excluding hydrogens is 373 g/mol. The Bertz CT molecular complexity index is 991. The van der Waals surface area contributed by atoms with E-state index >= 15 is 0 Å². The highest BCUT2D eigenvalue weighted by Gasteiger charge is 2.15.